The summed E-state index contributed by atoms with van der Waals surface area (Å²) in [5.74, 6) is 2.10. The van der Waals surface area contributed by atoms with Gasteiger partial charge < -0.3 is 15.0 Å². The van der Waals surface area contributed by atoms with Gasteiger partial charge in [0, 0.05) is 45.1 Å². The number of methoxy groups -OCH3 is 1. The van der Waals surface area contributed by atoms with E-state index in [1.165, 1.54) is 17.5 Å². The summed E-state index contributed by atoms with van der Waals surface area (Å²) in [6, 6.07) is 8.73. The molecule has 0 radical (unpaired) electrons. The molecule has 0 bridgehead atoms. The Labute approximate surface area is 140 Å². The largest absolute Gasteiger partial charge is 0.384 e. The third kappa shape index (κ3) is 5.24. The van der Waals surface area contributed by atoms with Crippen LogP contribution in [0.4, 0.5) is 0 Å². The topological polar surface area (TPSA) is 36.9 Å². The molecule has 1 aliphatic rings. The molecule has 4 nitrogen and oxygen atoms in total. The van der Waals surface area contributed by atoms with Crippen molar-refractivity contribution in [3.8, 4) is 0 Å². The second-order valence-electron chi connectivity index (χ2n) is 6.57. The van der Waals surface area contributed by atoms with E-state index < -0.39 is 0 Å². The molecule has 1 N–H and O–H groups in total. The average Bonchev–Trinajstić information content (AvgIpc) is 3.00. The molecule has 4 heteroatoms. The highest BCUT2D eigenvalue weighted by molar-refractivity contribution is 5.80. The molecule has 2 unspecified atom stereocenters. The number of nitrogens with one attached hydrogen (secondary N) is 1. The van der Waals surface area contributed by atoms with Crippen LogP contribution in [-0.2, 0) is 4.74 Å². The lowest BCUT2D eigenvalue weighted by molar-refractivity contribution is 0.157. The molecule has 1 aromatic carbocycles. The van der Waals surface area contributed by atoms with Gasteiger partial charge in [0.25, 0.3) is 0 Å². The van der Waals surface area contributed by atoms with Gasteiger partial charge in [0.2, 0.25) is 0 Å². The van der Waals surface area contributed by atoms with Crippen LogP contribution < -0.4 is 5.32 Å². The zero-order chi connectivity index (χ0) is 16.7. The molecule has 23 heavy (non-hydrogen) atoms. The van der Waals surface area contributed by atoms with Crippen LogP contribution >= 0.6 is 0 Å². The van der Waals surface area contributed by atoms with Crippen molar-refractivity contribution in [2.45, 2.75) is 33.1 Å². The summed E-state index contributed by atoms with van der Waals surface area (Å²) in [6.07, 6.45) is 1.19. The number of nitrogens with zero attached hydrogens (tertiary/aromatic N) is 2. The van der Waals surface area contributed by atoms with Gasteiger partial charge >= 0.3 is 0 Å². The van der Waals surface area contributed by atoms with Crippen molar-refractivity contribution in [2.24, 2.45) is 10.9 Å². The Hall–Kier alpha value is -1.55. The quantitative estimate of drug-likeness (QED) is 0.647. The first-order chi connectivity index (χ1) is 11.1. The van der Waals surface area contributed by atoms with Gasteiger partial charge in [-0.15, -0.1) is 0 Å². The Morgan fingerprint density at radius 2 is 2.30 bits per heavy atom. The van der Waals surface area contributed by atoms with Crippen molar-refractivity contribution >= 4 is 5.96 Å². The highest BCUT2D eigenvalue weighted by atomic mass is 16.5. The lowest BCUT2D eigenvalue weighted by atomic mass is 10.00. The molecule has 128 valence electrons. The molecule has 0 aromatic heterocycles. The summed E-state index contributed by atoms with van der Waals surface area (Å²) in [6.45, 7) is 11.2. The van der Waals surface area contributed by atoms with Gasteiger partial charge in [-0.25, -0.2) is 0 Å². The van der Waals surface area contributed by atoms with Crippen LogP contribution in [0, 0.1) is 12.8 Å². The fourth-order valence-electron chi connectivity index (χ4n) is 3.13. The van der Waals surface area contributed by atoms with Gasteiger partial charge in [-0.3, -0.25) is 4.99 Å². The lowest BCUT2D eigenvalue weighted by Gasteiger charge is -2.22. The molecule has 2 atom stereocenters. The highest BCUT2D eigenvalue weighted by Crippen LogP contribution is 2.19. The first-order valence-electron chi connectivity index (χ1n) is 8.72. The Balaban J connectivity index is 1.98. The number of aliphatic imine (C=N–C) groups is 1. The van der Waals surface area contributed by atoms with Crippen molar-refractivity contribution in [1.82, 2.24) is 10.2 Å². The van der Waals surface area contributed by atoms with E-state index in [4.69, 9.17) is 9.73 Å². The van der Waals surface area contributed by atoms with Gasteiger partial charge in [0.05, 0.1) is 6.61 Å². The standard InChI is InChI=1S/C19H31N3O/c1-5-20-19(22-10-9-17(13-22)14-23-4)21-12-16(3)18-8-6-7-15(2)11-18/h6-8,11,16-17H,5,9-10,12-14H2,1-4H3,(H,20,21). The van der Waals surface area contributed by atoms with E-state index in [-0.39, 0.29) is 0 Å². The molecular formula is C19H31N3O. The molecule has 1 saturated heterocycles. The zero-order valence-electron chi connectivity index (χ0n) is 15.0. The molecule has 1 aromatic rings. The van der Waals surface area contributed by atoms with Crippen molar-refractivity contribution in [3.05, 3.63) is 35.4 Å². The number of benzene rings is 1. The maximum absolute atomic E-state index is 5.29. The van der Waals surface area contributed by atoms with Crippen molar-refractivity contribution < 1.29 is 4.74 Å². The summed E-state index contributed by atoms with van der Waals surface area (Å²) in [4.78, 5) is 7.26. The van der Waals surface area contributed by atoms with Crippen LogP contribution in [0.25, 0.3) is 0 Å². The van der Waals surface area contributed by atoms with Crippen LogP contribution in [0.2, 0.25) is 0 Å². The maximum Gasteiger partial charge on any atom is 0.193 e. The fraction of sp³-hybridized carbons (Fsp3) is 0.632. The second kappa shape index (κ2) is 8.92. The molecule has 0 saturated carbocycles. The number of guanidine groups is 1. The minimum Gasteiger partial charge on any atom is -0.384 e. The highest BCUT2D eigenvalue weighted by Gasteiger charge is 2.24. The molecule has 0 spiro atoms. The number of hydrogen-bond acceptors (Lipinski definition) is 2. The molecule has 1 heterocycles. The van der Waals surface area contributed by atoms with E-state index in [9.17, 15) is 0 Å². The van der Waals surface area contributed by atoms with Crippen molar-refractivity contribution in [3.63, 3.8) is 0 Å². The number of likely N-dealkylation sites (tertiary alicyclic amines) is 1. The van der Waals surface area contributed by atoms with E-state index in [2.05, 4.69) is 55.3 Å². The Morgan fingerprint density at radius 3 is 3.00 bits per heavy atom. The minimum absolute atomic E-state index is 0.431. The van der Waals surface area contributed by atoms with Crippen molar-refractivity contribution in [1.29, 1.82) is 0 Å². The number of rotatable bonds is 6. The minimum atomic E-state index is 0.431. The van der Waals surface area contributed by atoms with E-state index in [1.54, 1.807) is 7.11 Å². The van der Waals surface area contributed by atoms with E-state index >= 15 is 0 Å². The summed E-state index contributed by atoms with van der Waals surface area (Å²) in [5, 5.41) is 3.44. The second-order valence-corrected chi connectivity index (χ2v) is 6.57. The first kappa shape index (κ1) is 17.8. The van der Waals surface area contributed by atoms with Crippen LogP contribution in [-0.4, -0.2) is 50.8 Å². The zero-order valence-corrected chi connectivity index (χ0v) is 15.0. The molecule has 0 amide bonds. The van der Waals surface area contributed by atoms with Crippen LogP contribution in [0.1, 0.15) is 37.3 Å². The smallest absolute Gasteiger partial charge is 0.193 e. The molecular weight excluding hydrogens is 286 g/mol. The Bertz CT molecular complexity index is 515. The van der Waals surface area contributed by atoms with Gasteiger partial charge in [-0.1, -0.05) is 36.8 Å². The summed E-state index contributed by atoms with van der Waals surface area (Å²) < 4.78 is 5.29. The molecule has 1 aliphatic heterocycles. The predicted molar refractivity (Wildman–Crippen MR) is 97.1 cm³/mol. The number of ether oxygens (including phenoxy) is 1. The average molecular weight is 317 g/mol. The normalized spacial score (nSPS) is 19.9. The van der Waals surface area contributed by atoms with Gasteiger partial charge in [-0.2, -0.15) is 0 Å². The van der Waals surface area contributed by atoms with Crippen LogP contribution in [0.5, 0.6) is 0 Å². The molecule has 0 aliphatic carbocycles. The third-order valence-corrected chi connectivity index (χ3v) is 4.45. The monoisotopic (exact) mass is 317 g/mol. The SMILES string of the molecule is CCNC(=NCC(C)c1cccc(C)c1)N1CCC(COC)C1. The van der Waals surface area contributed by atoms with Crippen LogP contribution in [0.3, 0.4) is 0 Å². The summed E-state index contributed by atoms with van der Waals surface area (Å²) >= 11 is 0. The molecule has 2 rings (SSSR count). The van der Waals surface area contributed by atoms with E-state index in [0.29, 0.717) is 11.8 Å². The Morgan fingerprint density at radius 1 is 1.48 bits per heavy atom. The van der Waals surface area contributed by atoms with Gasteiger partial charge in [0.1, 0.15) is 0 Å². The Kier molecular flexibility index (Phi) is 6.90. The van der Waals surface area contributed by atoms with Crippen LogP contribution in [0.15, 0.2) is 29.3 Å². The van der Waals surface area contributed by atoms with Crippen molar-refractivity contribution in [2.75, 3.05) is 39.9 Å². The summed E-state index contributed by atoms with van der Waals surface area (Å²) in [7, 11) is 1.78. The fourth-order valence-corrected chi connectivity index (χ4v) is 3.13. The summed E-state index contributed by atoms with van der Waals surface area (Å²) in [5.41, 5.74) is 2.68. The van der Waals surface area contributed by atoms with E-state index in [1.807, 2.05) is 0 Å². The first-order valence-corrected chi connectivity index (χ1v) is 8.72. The number of hydrogen-bond donors (Lipinski definition) is 1. The maximum atomic E-state index is 5.29. The lowest BCUT2D eigenvalue weighted by Crippen LogP contribution is -2.40. The van der Waals surface area contributed by atoms with Gasteiger partial charge in [-0.05, 0) is 25.8 Å². The molecule has 1 fully saturated rings. The predicted octanol–water partition coefficient (Wildman–Crippen LogP) is 3.03. The number of aryl methyl sites for hydroxylation is 1. The van der Waals surface area contributed by atoms with Gasteiger partial charge in [0.15, 0.2) is 5.96 Å². The van der Waals surface area contributed by atoms with E-state index in [0.717, 1.165) is 38.7 Å². The third-order valence-electron chi connectivity index (χ3n) is 4.45.